The van der Waals surface area contributed by atoms with Crippen LogP contribution in [0.1, 0.15) is 38.3 Å². The SMILES string of the molecule is CCCC(=O)Nc1ccc(O)c(C(C)NOCC(N)=O)c1. The van der Waals surface area contributed by atoms with Crippen LogP contribution in [0.25, 0.3) is 0 Å². The van der Waals surface area contributed by atoms with Gasteiger partial charge in [0.1, 0.15) is 12.4 Å². The molecule has 0 aliphatic carbocycles. The first kappa shape index (κ1) is 16.9. The molecular formula is C14H21N3O4. The highest BCUT2D eigenvalue weighted by molar-refractivity contribution is 5.90. The van der Waals surface area contributed by atoms with Gasteiger partial charge in [-0.2, -0.15) is 5.48 Å². The molecule has 0 heterocycles. The Bertz CT molecular complexity index is 505. The van der Waals surface area contributed by atoms with Crippen molar-refractivity contribution in [3.05, 3.63) is 23.8 Å². The molecule has 0 aliphatic rings. The molecule has 0 fully saturated rings. The molecule has 0 bridgehead atoms. The molecule has 116 valence electrons. The summed E-state index contributed by atoms with van der Waals surface area (Å²) in [6, 6.07) is 4.37. The fraction of sp³-hybridized carbons (Fsp3) is 0.429. The zero-order chi connectivity index (χ0) is 15.8. The summed E-state index contributed by atoms with van der Waals surface area (Å²) >= 11 is 0. The molecule has 21 heavy (non-hydrogen) atoms. The summed E-state index contributed by atoms with van der Waals surface area (Å²) in [4.78, 5) is 27.0. The van der Waals surface area contributed by atoms with Crippen molar-refractivity contribution in [2.45, 2.75) is 32.7 Å². The molecule has 0 radical (unpaired) electrons. The van der Waals surface area contributed by atoms with Crippen molar-refractivity contribution in [2.24, 2.45) is 5.73 Å². The predicted molar refractivity (Wildman–Crippen MR) is 78.3 cm³/mol. The van der Waals surface area contributed by atoms with Gasteiger partial charge in [-0.25, -0.2) is 0 Å². The Morgan fingerprint density at radius 2 is 2.14 bits per heavy atom. The van der Waals surface area contributed by atoms with Crippen molar-refractivity contribution in [2.75, 3.05) is 11.9 Å². The van der Waals surface area contributed by atoms with Crippen LogP contribution in [0.2, 0.25) is 0 Å². The number of aromatic hydroxyl groups is 1. The number of hydroxylamine groups is 1. The summed E-state index contributed by atoms with van der Waals surface area (Å²) in [7, 11) is 0. The maximum atomic E-state index is 11.6. The van der Waals surface area contributed by atoms with Crippen molar-refractivity contribution in [1.82, 2.24) is 5.48 Å². The van der Waals surface area contributed by atoms with Crippen LogP contribution in [0.3, 0.4) is 0 Å². The number of nitrogens with one attached hydrogen (secondary N) is 2. The van der Waals surface area contributed by atoms with Crippen LogP contribution in [0.5, 0.6) is 5.75 Å². The lowest BCUT2D eigenvalue weighted by atomic mass is 10.1. The number of carbonyl (C=O) groups is 2. The number of hydrogen-bond acceptors (Lipinski definition) is 5. The first-order valence-electron chi connectivity index (χ1n) is 6.72. The van der Waals surface area contributed by atoms with Gasteiger partial charge in [-0.15, -0.1) is 0 Å². The molecule has 0 saturated carbocycles. The van der Waals surface area contributed by atoms with E-state index in [-0.39, 0.29) is 24.3 Å². The van der Waals surface area contributed by atoms with E-state index in [1.54, 1.807) is 19.1 Å². The van der Waals surface area contributed by atoms with Crippen LogP contribution in [0.4, 0.5) is 5.69 Å². The van der Waals surface area contributed by atoms with E-state index in [9.17, 15) is 14.7 Å². The third-order valence-corrected chi connectivity index (χ3v) is 2.73. The second-order valence-electron chi connectivity index (χ2n) is 4.67. The summed E-state index contributed by atoms with van der Waals surface area (Å²) in [6.45, 7) is 3.40. The summed E-state index contributed by atoms with van der Waals surface area (Å²) in [6.07, 6.45) is 1.20. The number of anilines is 1. The lowest BCUT2D eigenvalue weighted by Crippen LogP contribution is -2.26. The lowest BCUT2D eigenvalue weighted by Gasteiger charge is -2.16. The van der Waals surface area contributed by atoms with E-state index in [2.05, 4.69) is 10.8 Å². The smallest absolute Gasteiger partial charge is 0.245 e. The van der Waals surface area contributed by atoms with Crippen molar-refractivity contribution < 1.29 is 19.5 Å². The highest BCUT2D eigenvalue weighted by Crippen LogP contribution is 2.27. The second kappa shape index (κ2) is 8.23. The third-order valence-electron chi connectivity index (χ3n) is 2.73. The highest BCUT2D eigenvalue weighted by atomic mass is 16.6. The van der Waals surface area contributed by atoms with E-state index < -0.39 is 5.91 Å². The van der Waals surface area contributed by atoms with Gasteiger partial charge in [0.15, 0.2) is 0 Å². The monoisotopic (exact) mass is 295 g/mol. The predicted octanol–water partition coefficient (Wildman–Crippen LogP) is 1.20. The topological polar surface area (TPSA) is 114 Å². The molecule has 1 rings (SSSR count). The van der Waals surface area contributed by atoms with Gasteiger partial charge < -0.3 is 16.2 Å². The van der Waals surface area contributed by atoms with Gasteiger partial charge in [0.25, 0.3) is 0 Å². The Balaban J connectivity index is 2.72. The molecule has 0 spiro atoms. The molecular weight excluding hydrogens is 274 g/mol. The summed E-state index contributed by atoms with van der Waals surface area (Å²) in [5.74, 6) is -0.620. The van der Waals surface area contributed by atoms with Gasteiger partial charge in [-0.1, -0.05) is 6.92 Å². The van der Waals surface area contributed by atoms with Crippen molar-refractivity contribution >= 4 is 17.5 Å². The van der Waals surface area contributed by atoms with Crippen LogP contribution in [-0.2, 0) is 14.4 Å². The molecule has 0 saturated heterocycles. The summed E-state index contributed by atoms with van der Waals surface area (Å²) < 4.78 is 0. The number of nitrogens with two attached hydrogens (primary N) is 1. The standard InChI is InChI=1S/C14H21N3O4/c1-3-4-14(20)16-10-5-6-12(18)11(7-10)9(2)17-21-8-13(15)19/h5-7,9,17-18H,3-4,8H2,1-2H3,(H2,15,19)(H,16,20). The van der Waals surface area contributed by atoms with E-state index in [0.717, 1.165) is 6.42 Å². The Hall–Kier alpha value is -2.12. The van der Waals surface area contributed by atoms with Gasteiger partial charge in [0.05, 0.1) is 6.04 Å². The number of amides is 2. The lowest BCUT2D eigenvalue weighted by molar-refractivity contribution is -0.126. The third kappa shape index (κ3) is 5.80. The van der Waals surface area contributed by atoms with E-state index >= 15 is 0 Å². The van der Waals surface area contributed by atoms with E-state index in [1.165, 1.54) is 6.07 Å². The highest BCUT2D eigenvalue weighted by Gasteiger charge is 2.12. The van der Waals surface area contributed by atoms with Gasteiger partial charge in [0, 0.05) is 17.7 Å². The molecule has 7 heteroatoms. The molecule has 1 aromatic rings. The van der Waals surface area contributed by atoms with E-state index in [4.69, 9.17) is 10.6 Å². The molecule has 0 aromatic heterocycles. The van der Waals surface area contributed by atoms with Gasteiger partial charge in [-0.05, 0) is 31.5 Å². The second-order valence-corrected chi connectivity index (χ2v) is 4.67. The molecule has 7 nitrogen and oxygen atoms in total. The molecule has 5 N–H and O–H groups in total. The largest absolute Gasteiger partial charge is 0.508 e. The van der Waals surface area contributed by atoms with Gasteiger partial charge in [0.2, 0.25) is 11.8 Å². The van der Waals surface area contributed by atoms with Crippen LogP contribution in [-0.4, -0.2) is 23.5 Å². The Morgan fingerprint density at radius 3 is 2.76 bits per heavy atom. The number of rotatable bonds is 8. The minimum Gasteiger partial charge on any atom is -0.508 e. The first-order valence-corrected chi connectivity index (χ1v) is 6.72. The zero-order valence-corrected chi connectivity index (χ0v) is 12.2. The maximum absolute atomic E-state index is 11.6. The molecule has 1 atom stereocenters. The number of phenolic OH excluding ortho intramolecular Hbond substituents is 1. The Labute approximate surface area is 123 Å². The fourth-order valence-corrected chi connectivity index (χ4v) is 1.73. The van der Waals surface area contributed by atoms with Gasteiger partial charge >= 0.3 is 0 Å². The van der Waals surface area contributed by atoms with Crippen LogP contribution in [0.15, 0.2) is 18.2 Å². The average Bonchev–Trinajstić information content (AvgIpc) is 2.40. The Morgan fingerprint density at radius 1 is 1.43 bits per heavy atom. The summed E-state index contributed by atoms with van der Waals surface area (Å²) in [5, 5.41) is 12.6. The number of hydrogen-bond donors (Lipinski definition) is 4. The van der Waals surface area contributed by atoms with Crippen LogP contribution < -0.4 is 16.5 Å². The number of phenols is 1. The van der Waals surface area contributed by atoms with Crippen molar-refractivity contribution in [3.63, 3.8) is 0 Å². The summed E-state index contributed by atoms with van der Waals surface area (Å²) in [5.41, 5.74) is 8.68. The normalized spacial score (nSPS) is 11.9. The van der Waals surface area contributed by atoms with Crippen molar-refractivity contribution in [3.8, 4) is 5.75 Å². The molecule has 2 amide bonds. The molecule has 1 aromatic carbocycles. The minimum absolute atomic E-state index is 0.0613. The molecule has 1 unspecified atom stereocenters. The number of benzene rings is 1. The van der Waals surface area contributed by atoms with Gasteiger partial charge in [-0.3, -0.25) is 14.4 Å². The van der Waals surface area contributed by atoms with Crippen LogP contribution in [0, 0.1) is 0 Å². The fourth-order valence-electron chi connectivity index (χ4n) is 1.73. The Kier molecular flexibility index (Phi) is 6.64. The van der Waals surface area contributed by atoms with E-state index in [0.29, 0.717) is 17.7 Å². The minimum atomic E-state index is -0.598. The quantitative estimate of drug-likeness (QED) is 0.425. The number of primary amides is 1. The molecule has 0 aliphatic heterocycles. The van der Waals surface area contributed by atoms with E-state index in [1.807, 2.05) is 6.92 Å². The van der Waals surface area contributed by atoms with Crippen LogP contribution >= 0.6 is 0 Å². The first-order chi connectivity index (χ1) is 9.93. The zero-order valence-electron chi connectivity index (χ0n) is 12.2. The maximum Gasteiger partial charge on any atom is 0.245 e. The number of carbonyl (C=O) groups excluding carboxylic acids is 2. The average molecular weight is 295 g/mol. The van der Waals surface area contributed by atoms with Crippen molar-refractivity contribution in [1.29, 1.82) is 0 Å².